The van der Waals surface area contributed by atoms with Gasteiger partial charge < -0.3 is 0 Å². The van der Waals surface area contributed by atoms with Crippen molar-refractivity contribution in [1.82, 2.24) is 0 Å². The van der Waals surface area contributed by atoms with Crippen LogP contribution in [0.4, 0.5) is 0 Å². The zero-order chi connectivity index (χ0) is 10.8. The Labute approximate surface area is 82.9 Å². The van der Waals surface area contributed by atoms with Gasteiger partial charge in [-0.05, 0) is 18.1 Å². The zero-order valence-electron chi connectivity index (χ0n) is 7.73. The molecule has 0 bridgehead atoms. The SMILES string of the molecule is Cc1cccc(CC[O])c1S(=O)(=O)O. The molecule has 5 heteroatoms. The van der Waals surface area contributed by atoms with Crippen LogP contribution in [0.5, 0.6) is 0 Å². The summed E-state index contributed by atoms with van der Waals surface area (Å²) in [6, 6.07) is 4.78. The van der Waals surface area contributed by atoms with Gasteiger partial charge in [-0.25, -0.2) is 5.11 Å². The molecule has 0 aliphatic heterocycles. The monoisotopic (exact) mass is 215 g/mol. The lowest BCUT2D eigenvalue weighted by molar-refractivity contribution is 0.196. The van der Waals surface area contributed by atoms with E-state index in [2.05, 4.69) is 0 Å². The van der Waals surface area contributed by atoms with E-state index in [9.17, 15) is 13.5 Å². The van der Waals surface area contributed by atoms with Gasteiger partial charge in [-0.3, -0.25) is 4.55 Å². The lowest BCUT2D eigenvalue weighted by Gasteiger charge is -2.07. The van der Waals surface area contributed by atoms with E-state index >= 15 is 0 Å². The van der Waals surface area contributed by atoms with Crippen molar-refractivity contribution < 1.29 is 18.1 Å². The van der Waals surface area contributed by atoms with Crippen LogP contribution in [0.25, 0.3) is 0 Å². The summed E-state index contributed by atoms with van der Waals surface area (Å²) in [7, 11) is -4.23. The van der Waals surface area contributed by atoms with Crippen LogP contribution in [0.15, 0.2) is 23.1 Å². The van der Waals surface area contributed by atoms with E-state index in [0.717, 1.165) is 0 Å². The van der Waals surface area contributed by atoms with Gasteiger partial charge in [0.25, 0.3) is 10.1 Å². The second-order valence-electron chi connectivity index (χ2n) is 2.99. The molecule has 0 saturated carbocycles. The lowest BCUT2D eigenvalue weighted by atomic mass is 10.1. The molecule has 0 amide bonds. The Hall–Kier alpha value is -0.910. The lowest BCUT2D eigenvalue weighted by Crippen LogP contribution is -2.06. The van der Waals surface area contributed by atoms with E-state index < -0.39 is 16.7 Å². The second kappa shape index (κ2) is 4.08. The number of benzene rings is 1. The standard InChI is InChI=1S/C9H11O4S/c1-7-3-2-4-8(5-6-10)9(7)14(11,12)13/h2-4H,5-6H2,1H3,(H,11,12,13). The van der Waals surface area contributed by atoms with Gasteiger partial charge in [-0.1, -0.05) is 18.2 Å². The van der Waals surface area contributed by atoms with Crippen LogP contribution in [0.1, 0.15) is 11.1 Å². The van der Waals surface area contributed by atoms with E-state index in [1.807, 2.05) is 0 Å². The second-order valence-corrected chi connectivity index (χ2v) is 4.35. The first-order valence-corrected chi connectivity index (χ1v) is 5.55. The Balaban J connectivity index is 3.37. The molecule has 1 aromatic rings. The van der Waals surface area contributed by atoms with E-state index in [1.54, 1.807) is 19.1 Å². The first-order chi connectivity index (χ1) is 6.46. The van der Waals surface area contributed by atoms with Crippen molar-refractivity contribution in [3.63, 3.8) is 0 Å². The molecule has 0 spiro atoms. The normalized spacial score (nSPS) is 11.6. The summed E-state index contributed by atoms with van der Waals surface area (Å²) < 4.78 is 31.0. The van der Waals surface area contributed by atoms with Crippen LogP contribution in [-0.2, 0) is 21.6 Å². The maximum absolute atomic E-state index is 11.0. The molecule has 0 atom stereocenters. The highest BCUT2D eigenvalue weighted by molar-refractivity contribution is 7.86. The van der Waals surface area contributed by atoms with Gasteiger partial charge in [0.2, 0.25) is 0 Å². The average Bonchev–Trinajstić information content (AvgIpc) is 2.02. The van der Waals surface area contributed by atoms with Gasteiger partial charge in [0.15, 0.2) is 0 Å². The van der Waals surface area contributed by atoms with Crippen molar-refractivity contribution in [2.24, 2.45) is 0 Å². The van der Waals surface area contributed by atoms with E-state index in [4.69, 9.17) is 4.55 Å². The Morgan fingerprint density at radius 2 is 2.00 bits per heavy atom. The molecule has 0 fully saturated rings. The Morgan fingerprint density at radius 1 is 1.36 bits per heavy atom. The Kier molecular flexibility index (Phi) is 3.25. The van der Waals surface area contributed by atoms with Gasteiger partial charge in [0.1, 0.15) is 4.90 Å². The van der Waals surface area contributed by atoms with Crippen molar-refractivity contribution >= 4 is 10.1 Å². The largest absolute Gasteiger partial charge is 0.295 e. The van der Waals surface area contributed by atoms with Gasteiger partial charge in [-0.15, -0.1) is 0 Å². The maximum atomic E-state index is 11.0. The van der Waals surface area contributed by atoms with Crippen molar-refractivity contribution in [2.75, 3.05) is 6.61 Å². The summed E-state index contributed by atoms with van der Waals surface area (Å²) in [6.45, 7) is 1.18. The van der Waals surface area contributed by atoms with Crippen molar-refractivity contribution in [3.05, 3.63) is 29.3 Å². The molecule has 1 radical (unpaired) electrons. The van der Waals surface area contributed by atoms with Crippen LogP contribution in [0, 0.1) is 6.92 Å². The fourth-order valence-corrected chi connectivity index (χ4v) is 2.37. The molecule has 77 valence electrons. The summed E-state index contributed by atoms with van der Waals surface area (Å²) in [4.78, 5) is -0.129. The number of hydrogen-bond acceptors (Lipinski definition) is 2. The molecule has 14 heavy (non-hydrogen) atoms. The molecule has 0 aromatic heterocycles. The topological polar surface area (TPSA) is 74.3 Å². The molecular formula is C9H11O4S. The average molecular weight is 215 g/mol. The molecular weight excluding hydrogens is 204 g/mol. The molecule has 1 N–H and O–H groups in total. The quantitative estimate of drug-likeness (QED) is 0.770. The molecule has 4 nitrogen and oxygen atoms in total. The highest BCUT2D eigenvalue weighted by Gasteiger charge is 2.17. The van der Waals surface area contributed by atoms with Crippen LogP contribution >= 0.6 is 0 Å². The minimum Gasteiger partial charge on any atom is -0.282 e. The van der Waals surface area contributed by atoms with E-state index in [-0.39, 0.29) is 11.3 Å². The van der Waals surface area contributed by atoms with E-state index in [0.29, 0.717) is 11.1 Å². The van der Waals surface area contributed by atoms with Crippen LogP contribution in [0.3, 0.4) is 0 Å². The molecule has 1 rings (SSSR count). The van der Waals surface area contributed by atoms with Gasteiger partial charge in [0, 0.05) is 6.42 Å². The van der Waals surface area contributed by atoms with Crippen LogP contribution in [-0.4, -0.2) is 19.6 Å². The summed E-state index contributed by atoms with van der Waals surface area (Å²) in [6.07, 6.45) is 0.108. The molecule has 0 unspecified atom stereocenters. The minimum atomic E-state index is -4.23. The highest BCUT2D eigenvalue weighted by atomic mass is 32.2. The highest BCUT2D eigenvalue weighted by Crippen LogP contribution is 2.20. The zero-order valence-corrected chi connectivity index (χ0v) is 8.54. The van der Waals surface area contributed by atoms with Crippen LogP contribution in [0.2, 0.25) is 0 Å². The van der Waals surface area contributed by atoms with Gasteiger partial charge >= 0.3 is 0 Å². The smallest absolute Gasteiger partial charge is 0.282 e. The van der Waals surface area contributed by atoms with Crippen molar-refractivity contribution in [2.45, 2.75) is 18.2 Å². The first-order valence-electron chi connectivity index (χ1n) is 4.11. The van der Waals surface area contributed by atoms with Gasteiger partial charge in [-0.2, -0.15) is 8.42 Å². The summed E-state index contributed by atoms with van der Waals surface area (Å²) in [5.41, 5.74) is 0.834. The molecule has 0 heterocycles. The van der Waals surface area contributed by atoms with Gasteiger partial charge in [0.05, 0.1) is 6.61 Å². The third-order valence-electron chi connectivity index (χ3n) is 1.92. The minimum absolute atomic E-state index is 0.108. The predicted molar refractivity (Wildman–Crippen MR) is 50.3 cm³/mol. The third kappa shape index (κ3) is 2.31. The summed E-state index contributed by atoms with van der Waals surface area (Å²) in [5.74, 6) is 0. The predicted octanol–water partition coefficient (Wildman–Crippen LogP) is 1.21. The molecule has 0 saturated heterocycles. The number of hydrogen-bond donors (Lipinski definition) is 1. The fourth-order valence-electron chi connectivity index (χ4n) is 1.39. The summed E-state index contributed by atoms with van der Waals surface area (Å²) >= 11 is 0. The maximum Gasteiger partial charge on any atom is 0.295 e. The number of aryl methyl sites for hydroxylation is 1. The van der Waals surface area contributed by atoms with Crippen LogP contribution < -0.4 is 0 Å². The van der Waals surface area contributed by atoms with Crippen molar-refractivity contribution in [1.29, 1.82) is 0 Å². The van der Waals surface area contributed by atoms with E-state index in [1.165, 1.54) is 6.07 Å². The first kappa shape index (κ1) is 11.2. The third-order valence-corrected chi connectivity index (χ3v) is 3.02. The summed E-state index contributed by atoms with van der Waals surface area (Å²) in [5, 5.41) is 10.4. The molecule has 0 aliphatic rings. The Morgan fingerprint density at radius 3 is 2.50 bits per heavy atom. The number of rotatable bonds is 3. The van der Waals surface area contributed by atoms with Crippen molar-refractivity contribution in [3.8, 4) is 0 Å². The Bertz CT molecular complexity index is 422. The molecule has 1 aromatic carbocycles. The fraction of sp³-hybridized carbons (Fsp3) is 0.333. The molecule has 0 aliphatic carbocycles.